The van der Waals surface area contributed by atoms with E-state index < -0.39 is 50.5 Å². The summed E-state index contributed by atoms with van der Waals surface area (Å²) >= 11 is 0. The minimum atomic E-state index is -2.10. The highest BCUT2D eigenvalue weighted by Crippen LogP contribution is 2.42. The van der Waals surface area contributed by atoms with Crippen LogP contribution < -0.4 is 15.0 Å². The second-order valence-electron chi connectivity index (χ2n) is 14.0. The Balaban J connectivity index is 1.58. The molecule has 1 fully saturated rings. The molecule has 54 heavy (non-hydrogen) atoms. The van der Waals surface area contributed by atoms with Gasteiger partial charge in [-0.05, 0) is 46.4 Å². The van der Waals surface area contributed by atoms with Gasteiger partial charge in [0.1, 0.15) is 14.1 Å². The van der Waals surface area contributed by atoms with Gasteiger partial charge in [-0.25, -0.2) is 14.7 Å². The van der Waals surface area contributed by atoms with E-state index in [-0.39, 0.29) is 29.4 Å². The van der Waals surface area contributed by atoms with Crippen LogP contribution in [0.1, 0.15) is 68.0 Å². The van der Waals surface area contributed by atoms with Crippen molar-refractivity contribution in [1.82, 2.24) is 19.5 Å². The topological polar surface area (TPSA) is 187 Å². The number of amides is 2. The van der Waals surface area contributed by atoms with Crippen molar-refractivity contribution in [3.05, 3.63) is 77.4 Å². The average Bonchev–Trinajstić information content (AvgIpc) is 3.68. The van der Waals surface area contributed by atoms with Crippen molar-refractivity contribution in [3.8, 4) is 17.3 Å². The summed E-state index contributed by atoms with van der Waals surface area (Å²) < 4.78 is 19.7. The Labute approximate surface area is 315 Å². The number of carbonyl (C=O) groups is 3. The number of carbonyl (C=O) groups excluding carboxylic acids is 3. The largest absolute Gasteiger partial charge is 0.457 e. The Bertz CT molecular complexity index is 2030. The molecule has 282 valence electrons. The summed E-state index contributed by atoms with van der Waals surface area (Å²) in [6.45, 7) is 15.8. The van der Waals surface area contributed by atoms with E-state index >= 15 is 0 Å². The fraction of sp³-hybridized carbons (Fsp3) is 0.421. The number of hydrogen-bond donors (Lipinski definition) is 1. The van der Waals surface area contributed by atoms with Gasteiger partial charge in [-0.15, -0.1) is 11.5 Å². The molecule has 4 aromatic rings. The van der Waals surface area contributed by atoms with E-state index in [4.69, 9.17) is 14.2 Å². The first-order chi connectivity index (χ1) is 25.8. The average molecular weight is 752 g/mol. The summed E-state index contributed by atoms with van der Waals surface area (Å²) in [6, 6.07) is 16.9. The van der Waals surface area contributed by atoms with Crippen LogP contribution in [0.2, 0.25) is 16.6 Å². The number of para-hydroxylation sites is 2. The smallest absolute Gasteiger partial charge is 0.425 e. The molecule has 1 saturated heterocycles. The lowest BCUT2D eigenvalue weighted by atomic mass is 10.1. The number of nitrogens with one attached hydrogen (secondary N) is 1. The molecule has 1 aliphatic rings. The van der Waals surface area contributed by atoms with E-state index in [2.05, 4.69) is 83.3 Å². The summed E-state index contributed by atoms with van der Waals surface area (Å²) in [7, 11) is -2.10. The first kappa shape index (κ1) is 39.5. The quantitative estimate of drug-likeness (QED) is 0.0393. The maximum Gasteiger partial charge on any atom is 0.425 e. The maximum absolute atomic E-state index is 14.0. The maximum atomic E-state index is 14.0. The van der Waals surface area contributed by atoms with Crippen molar-refractivity contribution in [2.45, 2.75) is 103 Å². The number of anilines is 3. The van der Waals surface area contributed by atoms with E-state index in [1.807, 2.05) is 12.1 Å². The van der Waals surface area contributed by atoms with Gasteiger partial charge in [-0.3, -0.25) is 19.5 Å². The molecule has 0 bridgehead atoms. The van der Waals surface area contributed by atoms with E-state index in [9.17, 15) is 19.9 Å². The molecule has 2 aromatic heterocycles. The Kier molecular flexibility index (Phi) is 12.4. The Hall–Kier alpha value is -5.75. The second-order valence-corrected chi connectivity index (χ2v) is 19.5. The predicted molar refractivity (Wildman–Crippen MR) is 207 cm³/mol. The van der Waals surface area contributed by atoms with Crippen molar-refractivity contribution in [2.75, 3.05) is 10.2 Å². The third kappa shape index (κ3) is 8.23. The number of hydrogen-bond acceptors (Lipinski definition) is 10. The standard InChI is InChI=1S/C38H45N9O6Si/c1-23(2)54(24(3)4,25(5)6)21-15-20-30-31(44-45-39)33(51-27(8)49)36(52-30)46-22-40-32-34(46)42-37(41-26(7)48)43-35(32)53-38(50)47(28-16-11-9-12-17-28)29-18-13-10-14-19-29/h9-14,16-19,22-25,30-31,33,36H,20H2,1-8H3,(H,41,42,43,48)/t30-,31-,33-,36-/m1/s1. The minimum Gasteiger partial charge on any atom is -0.457 e. The number of ether oxygens (including phenoxy) is 3. The lowest BCUT2D eigenvalue weighted by Gasteiger charge is -2.38. The van der Waals surface area contributed by atoms with Crippen molar-refractivity contribution in [1.29, 1.82) is 0 Å². The third-order valence-corrected chi connectivity index (χ3v) is 16.0. The zero-order valence-electron chi connectivity index (χ0n) is 31.6. The molecule has 0 aliphatic carbocycles. The zero-order valence-corrected chi connectivity index (χ0v) is 32.6. The van der Waals surface area contributed by atoms with Crippen LogP contribution in [0.15, 0.2) is 72.1 Å². The molecule has 0 unspecified atom stereocenters. The minimum absolute atomic E-state index is 0.0499. The summed E-state index contributed by atoms with van der Waals surface area (Å²) in [5.41, 5.74) is 15.7. The van der Waals surface area contributed by atoms with Gasteiger partial charge in [0.2, 0.25) is 11.9 Å². The van der Waals surface area contributed by atoms with Crippen molar-refractivity contribution >= 4 is 54.5 Å². The molecule has 2 amide bonds. The lowest BCUT2D eigenvalue weighted by molar-refractivity contribution is -0.152. The first-order valence-electron chi connectivity index (χ1n) is 17.8. The second kappa shape index (κ2) is 16.9. The van der Waals surface area contributed by atoms with Gasteiger partial charge in [0.05, 0.1) is 23.8 Å². The van der Waals surface area contributed by atoms with Crippen molar-refractivity contribution < 1.29 is 28.6 Å². The number of nitrogens with zero attached hydrogens (tertiary/aromatic N) is 8. The van der Waals surface area contributed by atoms with Crippen LogP contribution in [0.3, 0.4) is 0 Å². The SMILES string of the molecule is CC(=O)Nc1nc(OC(=O)N(c2ccccc2)c2ccccc2)c2ncn([C@@H]3O[C@H](CC#C[Si](C(C)C)(C(C)C)C(C)C)[C@@H](N=[N+]=[N-])[C@H]3OC(C)=O)c2n1. The van der Waals surface area contributed by atoms with Gasteiger partial charge in [0.25, 0.3) is 5.88 Å². The highest BCUT2D eigenvalue weighted by Gasteiger charge is 2.48. The van der Waals surface area contributed by atoms with Crippen molar-refractivity contribution in [3.63, 3.8) is 0 Å². The van der Waals surface area contributed by atoms with Crippen LogP contribution in [0, 0.1) is 11.5 Å². The van der Waals surface area contributed by atoms with E-state index in [1.165, 1.54) is 29.6 Å². The van der Waals surface area contributed by atoms with Crippen LogP contribution in [-0.4, -0.2) is 63.8 Å². The predicted octanol–water partition coefficient (Wildman–Crippen LogP) is 8.24. The molecular formula is C38H45N9O6Si. The number of imidazole rings is 1. The molecule has 1 aliphatic heterocycles. The summed E-state index contributed by atoms with van der Waals surface area (Å²) in [5, 5.41) is 6.56. The van der Waals surface area contributed by atoms with Crippen LogP contribution in [0.4, 0.5) is 22.1 Å². The van der Waals surface area contributed by atoms with Crippen LogP contribution in [0.5, 0.6) is 5.88 Å². The lowest BCUT2D eigenvalue weighted by Crippen LogP contribution is -2.43. The van der Waals surface area contributed by atoms with Crippen LogP contribution >= 0.6 is 0 Å². The van der Waals surface area contributed by atoms with Gasteiger partial charge in [-0.2, -0.15) is 9.97 Å². The fourth-order valence-electron chi connectivity index (χ4n) is 7.37. The molecule has 3 heterocycles. The molecule has 4 atom stereocenters. The van der Waals surface area contributed by atoms with E-state index in [0.717, 1.165) is 0 Å². The molecular weight excluding hydrogens is 707 g/mol. The Morgan fingerprint density at radius 2 is 1.57 bits per heavy atom. The number of rotatable bonds is 11. The molecule has 5 rings (SSSR count). The summed E-state index contributed by atoms with van der Waals surface area (Å²) in [5.74, 6) is 1.84. The fourth-order valence-corrected chi connectivity index (χ4v) is 12.6. The van der Waals surface area contributed by atoms with E-state index in [1.54, 1.807) is 48.5 Å². The molecule has 0 spiro atoms. The van der Waals surface area contributed by atoms with Gasteiger partial charge < -0.3 is 14.2 Å². The van der Waals surface area contributed by atoms with E-state index in [0.29, 0.717) is 28.0 Å². The number of benzene rings is 2. The molecule has 2 aromatic carbocycles. The molecule has 0 radical (unpaired) electrons. The number of fused-ring (bicyclic) bond motifs is 1. The summed E-state index contributed by atoms with van der Waals surface area (Å²) in [6.07, 6.45) is -2.21. The van der Waals surface area contributed by atoms with Gasteiger partial charge in [-0.1, -0.05) is 83.1 Å². The number of azide groups is 1. The van der Waals surface area contributed by atoms with Gasteiger partial charge in [0.15, 0.2) is 23.5 Å². The highest BCUT2D eigenvalue weighted by atomic mass is 28.3. The zero-order chi connectivity index (χ0) is 39.2. The molecule has 1 N–H and O–H groups in total. The number of aromatic nitrogens is 4. The van der Waals surface area contributed by atoms with Gasteiger partial charge >= 0.3 is 12.1 Å². The molecule has 0 saturated carbocycles. The summed E-state index contributed by atoms with van der Waals surface area (Å²) in [4.78, 5) is 56.4. The van der Waals surface area contributed by atoms with Crippen LogP contribution in [0.25, 0.3) is 21.6 Å². The molecule has 16 heteroatoms. The number of esters is 1. The normalized spacial score (nSPS) is 18.2. The molecule has 15 nitrogen and oxygen atoms in total. The third-order valence-electron chi connectivity index (χ3n) is 9.62. The highest BCUT2D eigenvalue weighted by molar-refractivity contribution is 6.90. The van der Waals surface area contributed by atoms with Crippen LogP contribution in [-0.2, 0) is 19.1 Å². The first-order valence-corrected chi connectivity index (χ1v) is 20.0. The Morgan fingerprint density at radius 3 is 2.09 bits per heavy atom. The van der Waals surface area contributed by atoms with Crippen molar-refractivity contribution in [2.24, 2.45) is 5.11 Å². The Morgan fingerprint density at radius 1 is 0.981 bits per heavy atom. The van der Waals surface area contributed by atoms with Gasteiger partial charge in [0, 0.05) is 25.2 Å². The monoisotopic (exact) mass is 751 g/mol.